The van der Waals surface area contributed by atoms with Crippen LogP contribution in [0.2, 0.25) is 0 Å². The highest BCUT2D eigenvalue weighted by Gasteiger charge is 2.23. The van der Waals surface area contributed by atoms with Crippen LogP contribution in [-0.2, 0) is 0 Å². The number of hydrogen-bond donors (Lipinski definition) is 0. The van der Waals surface area contributed by atoms with Gasteiger partial charge in [0.1, 0.15) is 0 Å². The molecule has 0 radical (unpaired) electrons. The maximum Gasteiger partial charge on any atom is 0.0998 e. The topological polar surface area (TPSA) is 73.4 Å². The molecule has 0 N–H and O–H groups in total. The van der Waals surface area contributed by atoms with Crippen molar-refractivity contribution in [3.8, 4) is 79.2 Å². The van der Waals surface area contributed by atoms with Gasteiger partial charge in [-0.1, -0.05) is 322 Å². The Labute approximate surface area is 667 Å². The van der Waals surface area contributed by atoms with Crippen LogP contribution in [0.3, 0.4) is 0 Å². The molecule has 0 amide bonds. The van der Waals surface area contributed by atoms with Crippen molar-refractivity contribution < 1.29 is 0 Å². The predicted octanol–water partition coefficient (Wildman–Crippen LogP) is 30.4. The van der Waals surface area contributed by atoms with Gasteiger partial charge < -0.3 is 0 Å². The highest BCUT2D eigenvalue weighted by molar-refractivity contribution is 6.31. The second-order valence-corrected chi connectivity index (χ2v) is 30.6. The molecule has 0 saturated carbocycles. The van der Waals surface area contributed by atoms with Crippen LogP contribution in [0.25, 0.3) is 240 Å². The fraction of sp³-hybridized carbons (Fsp3) is 0. The van der Waals surface area contributed by atoms with Crippen LogP contribution < -0.4 is 0 Å². The van der Waals surface area contributed by atoms with E-state index in [1.54, 1.807) is 0 Å². The first kappa shape index (κ1) is 66.1. The first-order chi connectivity index (χ1) is 57.4. The van der Waals surface area contributed by atoms with E-state index in [1.807, 2.05) is 48.5 Å². The van der Waals surface area contributed by atoms with Crippen LogP contribution in [0, 0.1) is 22.7 Å². The zero-order valence-corrected chi connectivity index (χ0v) is 62.7. The fourth-order valence-electron chi connectivity index (χ4n) is 19.2. The third kappa shape index (κ3) is 10.4. The molecule has 0 unspecified atom stereocenters. The summed E-state index contributed by atoms with van der Waals surface area (Å²) in [5.74, 6) is 0. The van der Waals surface area contributed by atoms with Gasteiger partial charge in [0.2, 0.25) is 0 Å². The Morgan fingerprint density at radius 1 is 0.155 bits per heavy atom. The van der Waals surface area contributed by atoms with Crippen LogP contribution in [-0.4, -0.2) is 9.97 Å². The van der Waals surface area contributed by atoms with Gasteiger partial charge in [-0.25, -0.2) is 9.97 Å². The summed E-state index contributed by atoms with van der Waals surface area (Å²) in [4.78, 5) is 10.9. The van der Waals surface area contributed by atoms with E-state index >= 15 is 0 Å². The Kier molecular flexibility index (Phi) is 15.1. The molecule has 2 aromatic heterocycles. The number of nitriles is 2. The molecule has 116 heavy (non-hydrogen) atoms. The lowest BCUT2D eigenvalue weighted by atomic mass is 9.87. The summed E-state index contributed by atoms with van der Waals surface area (Å²) in [6.45, 7) is 0. The zero-order valence-electron chi connectivity index (χ0n) is 62.7. The van der Waals surface area contributed by atoms with Crippen molar-refractivity contribution in [3.63, 3.8) is 0 Å². The average molecular weight is 1470 g/mol. The molecule has 2 heterocycles. The quantitative estimate of drug-likeness (QED) is 0.156. The van der Waals surface area contributed by atoms with Crippen molar-refractivity contribution in [1.82, 2.24) is 9.97 Å². The SMILES string of the molecule is N#Cc1ccc(-c2cc(-c3ccc4c5ccccc5c5ccccc5c4c3)c3cc(-c4ccc5c6ccccc6c6ccccc6c5c4)c4ccccc4c3n2)cc1.N#Cc1ccccc1-c1cc(-c2ccc3c4ccccc4c4ccccc4c3c2)c2cc(-c3ccc4c5ccccc5c5ccccc5c4c3)c3ccccc3c2n1. The molecule has 24 rings (SSSR count). The van der Waals surface area contributed by atoms with Crippen molar-refractivity contribution in [3.05, 3.63) is 399 Å². The minimum absolute atomic E-state index is 0.605. The molecule has 0 aliphatic carbocycles. The number of hydrogen-bond acceptors (Lipinski definition) is 4. The molecule has 0 saturated heterocycles. The van der Waals surface area contributed by atoms with Crippen LogP contribution in [0.15, 0.2) is 388 Å². The van der Waals surface area contributed by atoms with Gasteiger partial charge >= 0.3 is 0 Å². The predicted molar refractivity (Wildman–Crippen MR) is 491 cm³/mol. The summed E-state index contributed by atoms with van der Waals surface area (Å²) in [5.41, 5.74) is 15.7. The molecule has 0 fully saturated rings. The number of nitrogens with zero attached hydrogens (tertiary/aromatic N) is 4. The Morgan fingerprint density at radius 3 is 0.690 bits per heavy atom. The van der Waals surface area contributed by atoms with E-state index < -0.39 is 0 Å². The fourth-order valence-corrected chi connectivity index (χ4v) is 19.2. The molecule has 22 aromatic carbocycles. The van der Waals surface area contributed by atoms with E-state index in [1.165, 1.54) is 140 Å². The Morgan fingerprint density at radius 2 is 0.388 bits per heavy atom. The zero-order chi connectivity index (χ0) is 76.6. The summed E-state index contributed by atoms with van der Waals surface area (Å²) in [5, 5.41) is 56.5. The molecule has 0 aliphatic rings. The van der Waals surface area contributed by atoms with Gasteiger partial charge in [-0.3, -0.25) is 0 Å². The van der Waals surface area contributed by atoms with E-state index in [0.29, 0.717) is 11.1 Å². The van der Waals surface area contributed by atoms with Crippen molar-refractivity contribution in [1.29, 1.82) is 10.5 Å². The Hall–Kier alpha value is -15.7. The van der Waals surface area contributed by atoms with Crippen molar-refractivity contribution in [2.24, 2.45) is 0 Å². The molecular formula is C112H64N4. The number of benzene rings is 22. The second-order valence-electron chi connectivity index (χ2n) is 30.6. The molecule has 4 heteroatoms. The second kappa shape index (κ2) is 26.5. The molecular weight excluding hydrogens is 1400 g/mol. The third-order valence-electron chi connectivity index (χ3n) is 24.5. The first-order valence-electron chi connectivity index (χ1n) is 39.5. The highest BCUT2D eigenvalue weighted by Crippen LogP contribution is 2.49. The van der Waals surface area contributed by atoms with Gasteiger partial charge in [0, 0.05) is 32.7 Å². The molecule has 0 bridgehead atoms. The van der Waals surface area contributed by atoms with Gasteiger partial charge in [-0.2, -0.15) is 10.5 Å². The lowest BCUT2D eigenvalue weighted by Crippen LogP contribution is -1.95. The molecule has 4 nitrogen and oxygen atoms in total. The minimum atomic E-state index is 0.605. The summed E-state index contributed by atoms with van der Waals surface area (Å²) >= 11 is 0. The van der Waals surface area contributed by atoms with Gasteiger partial charge in [0.25, 0.3) is 0 Å². The van der Waals surface area contributed by atoms with Crippen molar-refractivity contribution >= 4 is 173 Å². The average Bonchev–Trinajstić information content (AvgIpc) is 0.730. The summed E-state index contributed by atoms with van der Waals surface area (Å²) < 4.78 is 0. The lowest BCUT2D eigenvalue weighted by molar-refractivity contribution is 1.39. The van der Waals surface area contributed by atoms with E-state index in [0.717, 1.165) is 99.2 Å². The molecule has 0 atom stereocenters. The maximum atomic E-state index is 10.2. The highest BCUT2D eigenvalue weighted by atomic mass is 14.7. The van der Waals surface area contributed by atoms with E-state index in [-0.39, 0.29) is 0 Å². The van der Waals surface area contributed by atoms with Gasteiger partial charge in [-0.15, -0.1) is 0 Å². The Balaban J connectivity index is 0.000000137. The molecule has 532 valence electrons. The van der Waals surface area contributed by atoms with Crippen LogP contribution >= 0.6 is 0 Å². The van der Waals surface area contributed by atoms with Crippen LogP contribution in [0.1, 0.15) is 11.1 Å². The minimum Gasteiger partial charge on any atom is -0.247 e. The standard InChI is InChI=1S/2C56H32N2/c57-33-34-21-23-35(24-22-34)55-32-51(37-26-28-48-43-16-4-2-12-39(43)41-14-6-8-18-45(41)53(48)30-37)54-31-50(46-19-9-10-20-49(46)56(54)58-55)36-25-27-47-42-15-3-1-11-38(42)40-13-5-7-17-44(40)52(47)29-36;57-33-36-13-1-2-14-37(36)55-32-51(35-26-28-48-43-20-6-4-16-39(43)41-18-8-10-22-45(41)53(48)30-35)54-31-50(46-23-11-12-24-49(46)56(54)58-55)34-25-27-47-42-19-5-3-15-38(42)40-17-7-9-21-44(40)52(47)29-34/h2*1-32H. The number of pyridine rings is 2. The first-order valence-corrected chi connectivity index (χ1v) is 39.5. The number of aromatic nitrogens is 2. The van der Waals surface area contributed by atoms with E-state index in [9.17, 15) is 10.5 Å². The van der Waals surface area contributed by atoms with Crippen molar-refractivity contribution in [2.75, 3.05) is 0 Å². The summed E-state index contributed by atoms with van der Waals surface area (Å²) in [6.07, 6.45) is 0. The van der Waals surface area contributed by atoms with Gasteiger partial charge in [-0.05, 0) is 251 Å². The van der Waals surface area contributed by atoms with Crippen LogP contribution in [0.5, 0.6) is 0 Å². The van der Waals surface area contributed by atoms with E-state index in [2.05, 4.69) is 352 Å². The third-order valence-corrected chi connectivity index (χ3v) is 24.5. The Bertz CT molecular complexity index is 8350. The molecule has 0 aliphatic heterocycles. The maximum absolute atomic E-state index is 10.2. The summed E-state index contributed by atoms with van der Waals surface area (Å²) in [7, 11) is 0. The lowest BCUT2D eigenvalue weighted by Gasteiger charge is -2.18. The molecule has 0 spiro atoms. The number of fused-ring (bicyclic) bond motifs is 30. The normalized spacial score (nSPS) is 11.8. The van der Waals surface area contributed by atoms with Gasteiger partial charge in [0.15, 0.2) is 0 Å². The largest absolute Gasteiger partial charge is 0.247 e. The monoisotopic (exact) mass is 1460 g/mol. The summed E-state index contributed by atoms with van der Waals surface area (Å²) in [6, 6.07) is 145. The van der Waals surface area contributed by atoms with Crippen molar-refractivity contribution in [2.45, 2.75) is 0 Å². The van der Waals surface area contributed by atoms with E-state index in [4.69, 9.17) is 9.97 Å². The van der Waals surface area contributed by atoms with Crippen LogP contribution in [0.4, 0.5) is 0 Å². The van der Waals surface area contributed by atoms with Gasteiger partial charge in [0.05, 0.1) is 45.7 Å². The molecule has 24 aromatic rings. The smallest absolute Gasteiger partial charge is 0.0998 e. The number of rotatable bonds is 6.